The molecule has 0 rings (SSSR count). The van der Waals surface area contributed by atoms with Crippen LogP contribution in [0, 0.1) is 0 Å². The fraction of sp³-hybridized carbons (Fsp3) is 0.900. The minimum Gasteiger partial charge on any atom is -0.481 e. The number of hydrogen-bond acceptors (Lipinski definition) is 3. The molecular weight excluding hydrogens is 287 g/mol. The SMILES string of the molecule is CCCC(CC(=O)O)NS(=O)(=O)CCCC(F)(F)F. The summed E-state index contributed by atoms with van der Waals surface area (Å²) in [4.78, 5) is 10.5. The molecule has 1 unspecified atom stereocenters. The predicted octanol–water partition coefficient (Wildman–Crippen LogP) is 1.89. The summed E-state index contributed by atoms with van der Waals surface area (Å²) in [7, 11) is -3.88. The molecular formula is C10H18F3NO4S. The van der Waals surface area contributed by atoms with E-state index in [1.165, 1.54) is 0 Å². The molecule has 0 radical (unpaired) electrons. The van der Waals surface area contributed by atoms with Crippen molar-refractivity contribution < 1.29 is 31.5 Å². The van der Waals surface area contributed by atoms with Gasteiger partial charge in [0.2, 0.25) is 10.0 Å². The van der Waals surface area contributed by atoms with Gasteiger partial charge < -0.3 is 5.11 Å². The zero-order valence-corrected chi connectivity index (χ0v) is 11.4. The van der Waals surface area contributed by atoms with E-state index in [2.05, 4.69) is 4.72 Å². The minimum atomic E-state index is -4.39. The average molecular weight is 305 g/mol. The Labute approximate surface area is 110 Å². The number of hydrogen-bond donors (Lipinski definition) is 2. The van der Waals surface area contributed by atoms with Crippen molar-refractivity contribution in [1.82, 2.24) is 4.72 Å². The molecule has 0 aliphatic carbocycles. The molecule has 0 aliphatic heterocycles. The lowest BCUT2D eigenvalue weighted by atomic mass is 10.1. The summed E-state index contributed by atoms with van der Waals surface area (Å²) in [6.07, 6.45) is -5.59. The van der Waals surface area contributed by atoms with Gasteiger partial charge in [0.1, 0.15) is 0 Å². The quantitative estimate of drug-likeness (QED) is 0.681. The number of halogens is 3. The summed E-state index contributed by atoms with van der Waals surface area (Å²) in [6.45, 7) is 1.76. The maximum absolute atomic E-state index is 11.9. The van der Waals surface area contributed by atoms with Gasteiger partial charge in [0.05, 0.1) is 12.2 Å². The number of carboxylic acid groups (broad SMARTS) is 1. The maximum atomic E-state index is 11.9. The normalized spacial score (nSPS) is 14.3. The monoisotopic (exact) mass is 305 g/mol. The molecule has 0 saturated heterocycles. The van der Waals surface area contributed by atoms with Crippen molar-refractivity contribution in [1.29, 1.82) is 0 Å². The first-order chi connectivity index (χ1) is 8.56. The molecule has 0 aromatic rings. The average Bonchev–Trinajstić information content (AvgIpc) is 2.12. The molecule has 0 aliphatic rings. The van der Waals surface area contributed by atoms with Crippen molar-refractivity contribution in [3.63, 3.8) is 0 Å². The molecule has 0 amide bonds. The van der Waals surface area contributed by atoms with Crippen LogP contribution in [-0.2, 0) is 14.8 Å². The van der Waals surface area contributed by atoms with Gasteiger partial charge in [0.15, 0.2) is 0 Å². The summed E-state index contributed by atoms with van der Waals surface area (Å²) in [6, 6.07) is -0.779. The van der Waals surface area contributed by atoms with Crippen LogP contribution in [0.4, 0.5) is 13.2 Å². The molecule has 0 saturated carbocycles. The Hall–Kier alpha value is -0.830. The molecule has 0 fully saturated rings. The second kappa shape index (κ2) is 7.68. The number of sulfonamides is 1. The van der Waals surface area contributed by atoms with Crippen LogP contribution < -0.4 is 4.72 Å². The lowest BCUT2D eigenvalue weighted by Crippen LogP contribution is -2.38. The van der Waals surface area contributed by atoms with E-state index in [1.54, 1.807) is 6.92 Å². The van der Waals surface area contributed by atoms with Crippen LogP contribution in [0.25, 0.3) is 0 Å². The summed E-state index contributed by atoms with van der Waals surface area (Å²) >= 11 is 0. The first-order valence-electron chi connectivity index (χ1n) is 5.84. The number of carboxylic acids is 1. The van der Waals surface area contributed by atoms with Crippen molar-refractivity contribution in [2.24, 2.45) is 0 Å². The predicted molar refractivity (Wildman–Crippen MR) is 63.2 cm³/mol. The van der Waals surface area contributed by atoms with Crippen LogP contribution in [0.1, 0.15) is 39.0 Å². The third-order valence-corrected chi connectivity index (χ3v) is 3.80. The lowest BCUT2D eigenvalue weighted by Gasteiger charge is -2.16. The van der Waals surface area contributed by atoms with Gasteiger partial charge in [0.25, 0.3) is 0 Å². The van der Waals surface area contributed by atoms with E-state index in [1.807, 2.05) is 0 Å². The smallest absolute Gasteiger partial charge is 0.389 e. The van der Waals surface area contributed by atoms with Crippen molar-refractivity contribution in [3.8, 4) is 0 Å². The number of carbonyl (C=O) groups is 1. The Morgan fingerprint density at radius 1 is 1.37 bits per heavy atom. The van der Waals surface area contributed by atoms with Crippen LogP contribution in [0.5, 0.6) is 0 Å². The highest BCUT2D eigenvalue weighted by Crippen LogP contribution is 2.21. The van der Waals surface area contributed by atoms with E-state index in [9.17, 15) is 26.4 Å². The highest BCUT2D eigenvalue weighted by Gasteiger charge is 2.28. The van der Waals surface area contributed by atoms with E-state index < -0.39 is 46.8 Å². The van der Waals surface area contributed by atoms with Crippen LogP contribution in [0.2, 0.25) is 0 Å². The third-order valence-electron chi connectivity index (χ3n) is 2.28. The van der Waals surface area contributed by atoms with E-state index in [-0.39, 0.29) is 6.42 Å². The molecule has 5 nitrogen and oxygen atoms in total. The van der Waals surface area contributed by atoms with Crippen molar-refractivity contribution in [3.05, 3.63) is 0 Å². The fourth-order valence-electron chi connectivity index (χ4n) is 1.54. The van der Waals surface area contributed by atoms with Crippen molar-refractivity contribution >= 4 is 16.0 Å². The van der Waals surface area contributed by atoms with E-state index in [0.717, 1.165) is 0 Å². The highest BCUT2D eigenvalue weighted by atomic mass is 32.2. The number of aliphatic carboxylic acids is 1. The largest absolute Gasteiger partial charge is 0.481 e. The molecule has 9 heteroatoms. The second-order valence-electron chi connectivity index (χ2n) is 4.24. The Balaban J connectivity index is 4.34. The van der Waals surface area contributed by atoms with Crippen LogP contribution in [0.3, 0.4) is 0 Å². The van der Waals surface area contributed by atoms with E-state index in [4.69, 9.17) is 5.11 Å². The molecule has 0 aromatic carbocycles. The zero-order chi connectivity index (χ0) is 15.1. The van der Waals surface area contributed by atoms with Crippen LogP contribution in [-0.4, -0.2) is 37.5 Å². The van der Waals surface area contributed by atoms with Gasteiger partial charge in [0, 0.05) is 12.5 Å². The number of rotatable bonds is 9. The second-order valence-corrected chi connectivity index (χ2v) is 6.11. The Bertz CT molecular complexity index is 381. The van der Waals surface area contributed by atoms with E-state index >= 15 is 0 Å². The van der Waals surface area contributed by atoms with Crippen molar-refractivity contribution in [2.45, 2.75) is 51.2 Å². The molecule has 0 heterocycles. The van der Waals surface area contributed by atoms with Crippen molar-refractivity contribution in [2.75, 3.05) is 5.75 Å². The standard InChI is InChI=1S/C10H18F3NO4S/c1-2-4-8(7-9(15)16)14-19(17,18)6-3-5-10(11,12)13/h8,14H,2-7H2,1H3,(H,15,16). The van der Waals surface area contributed by atoms with Gasteiger partial charge in [-0.3, -0.25) is 4.79 Å². The molecule has 2 N–H and O–H groups in total. The van der Waals surface area contributed by atoms with Gasteiger partial charge >= 0.3 is 12.1 Å². The molecule has 0 spiro atoms. The molecule has 1 atom stereocenters. The molecule has 19 heavy (non-hydrogen) atoms. The van der Waals surface area contributed by atoms with Gasteiger partial charge in [-0.05, 0) is 12.8 Å². The zero-order valence-electron chi connectivity index (χ0n) is 10.5. The highest BCUT2D eigenvalue weighted by molar-refractivity contribution is 7.89. The number of alkyl halides is 3. The fourth-order valence-corrected chi connectivity index (χ4v) is 2.89. The Morgan fingerprint density at radius 2 is 1.95 bits per heavy atom. The minimum absolute atomic E-state index is 0.324. The Morgan fingerprint density at radius 3 is 2.37 bits per heavy atom. The van der Waals surface area contributed by atoms with Crippen LogP contribution in [0.15, 0.2) is 0 Å². The van der Waals surface area contributed by atoms with Gasteiger partial charge in [-0.1, -0.05) is 13.3 Å². The summed E-state index contributed by atoms with van der Waals surface area (Å²) < 4.78 is 60.8. The van der Waals surface area contributed by atoms with Gasteiger partial charge in [-0.2, -0.15) is 13.2 Å². The molecule has 0 aromatic heterocycles. The maximum Gasteiger partial charge on any atom is 0.389 e. The topological polar surface area (TPSA) is 83.5 Å². The summed E-state index contributed by atoms with van der Waals surface area (Å²) in [5, 5.41) is 8.61. The van der Waals surface area contributed by atoms with Gasteiger partial charge in [-0.15, -0.1) is 0 Å². The number of nitrogens with one attached hydrogen (secondary N) is 1. The van der Waals surface area contributed by atoms with Crippen LogP contribution >= 0.6 is 0 Å². The third kappa shape index (κ3) is 10.8. The van der Waals surface area contributed by atoms with E-state index in [0.29, 0.717) is 12.8 Å². The first-order valence-corrected chi connectivity index (χ1v) is 7.49. The molecule has 0 bridgehead atoms. The summed E-state index contributed by atoms with van der Waals surface area (Å²) in [5.74, 6) is -1.82. The summed E-state index contributed by atoms with van der Waals surface area (Å²) in [5.41, 5.74) is 0. The first kappa shape index (κ1) is 18.2. The van der Waals surface area contributed by atoms with Gasteiger partial charge in [-0.25, -0.2) is 13.1 Å². The Kier molecular flexibility index (Phi) is 7.35. The molecule has 114 valence electrons. The lowest BCUT2D eigenvalue weighted by molar-refractivity contribution is -0.137.